The van der Waals surface area contributed by atoms with Crippen molar-refractivity contribution in [1.82, 2.24) is 0 Å². The third-order valence-corrected chi connectivity index (χ3v) is 2.69. The minimum atomic E-state index is -0.349. The number of hydrogen-bond donors (Lipinski definition) is 1. The highest BCUT2D eigenvalue weighted by Gasteiger charge is 2.23. The summed E-state index contributed by atoms with van der Waals surface area (Å²) in [5.74, 6) is 0.311. The van der Waals surface area contributed by atoms with E-state index in [1.54, 1.807) is 13.2 Å². The van der Waals surface area contributed by atoms with E-state index in [4.69, 9.17) is 9.94 Å². The molecule has 1 N–H and O–H groups in total. The number of fused-ring (bicyclic) bond motifs is 1. The Kier molecular flexibility index (Phi) is 2.58. The fraction of sp³-hybridized carbons (Fsp3) is 0.364. The van der Waals surface area contributed by atoms with Gasteiger partial charge in [-0.05, 0) is 31.4 Å². The highest BCUT2D eigenvalue weighted by molar-refractivity contribution is 6.03. The molecule has 0 spiro atoms. The number of ether oxygens (including phenoxy) is 1. The molecule has 3 nitrogen and oxygen atoms in total. The van der Waals surface area contributed by atoms with Gasteiger partial charge in [-0.3, -0.25) is 0 Å². The molecule has 0 aromatic heterocycles. The van der Waals surface area contributed by atoms with Crippen LogP contribution < -0.4 is 4.74 Å². The van der Waals surface area contributed by atoms with Crippen LogP contribution in [0.25, 0.3) is 0 Å². The number of halogens is 1. The molecule has 80 valence electrons. The van der Waals surface area contributed by atoms with Crippen LogP contribution in [0.3, 0.4) is 0 Å². The number of rotatable bonds is 1. The molecule has 0 saturated heterocycles. The van der Waals surface area contributed by atoms with E-state index in [0.29, 0.717) is 23.4 Å². The van der Waals surface area contributed by atoms with E-state index in [9.17, 15) is 4.39 Å². The second kappa shape index (κ2) is 3.88. The summed E-state index contributed by atoms with van der Waals surface area (Å²) in [6.07, 6.45) is 2.22. The van der Waals surface area contributed by atoms with Crippen molar-refractivity contribution in [2.45, 2.75) is 19.3 Å². The lowest BCUT2D eigenvalue weighted by Gasteiger charge is -2.19. The van der Waals surface area contributed by atoms with Crippen LogP contribution in [-0.2, 0) is 6.42 Å². The van der Waals surface area contributed by atoms with E-state index >= 15 is 0 Å². The molecule has 1 aromatic rings. The van der Waals surface area contributed by atoms with Gasteiger partial charge in [0.15, 0.2) is 0 Å². The summed E-state index contributed by atoms with van der Waals surface area (Å²) < 4.78 is 18.7. The van der Waals surface area contributed by atoms with Crippen molar-refractivity contribution in [3.05, 3.63) is 29.1 Å². The monoisotopic (exact) mass is 209 g/mol. The smallest absolute Gasteiger partial charge is 0.132 e. The number of oxime groups is 1. The molecule has 0 bridgehead atoms. The molecule has 0 radical (unpaired) electrons. The van der Waals surface area contributed by atoms with Crippen LogP contribution in [0.2, 0.25) is 0 Å². The molecule has 0 fully saturated rings. The molecule has 0 unspecified atom stereocenters. The van der Waals surface area contributed by atoms with Gasteiger partial charge in [0.1, 0.15) is 11.6 Å². The van der Waals surface area contributed by atoms with Crippen molar-refractivity contribution in [3.63, 3.8) is 0 Å². The first-order valence-electron chi connectivity index (χ1n) is 4.84. The predicted molar refractivity (Wildman–Crippen MR) is 54.2 cm³/mol. The van der Waals surface area contributed by atoms with E-state index in [1.807, 2.05) is 0 Å². The number of hydrogen-bond acceptors (Lipinski definition) is 3. The van der Waals surface area contributed by atoms with E-state index in [1.165, 1.54) is 6.07 Å². The maximum Gasteiger partial charge on any atom is 0.132 e. The van der Waals surface area contributed by atoms with Gasteiger partial charge in [0.05, 0.1) is 12.8 Å². The highest BCUT2D eigenvalue weighted by atomic mass is 19.1. The van der Waals surface area contributed by atoms with Crippen molar-refractivity contribution in [2.75, 3.05) is 7.11 Å². The molecule has 0 aliphatic heterocycles. The molecule has 1 aromatic carbocycles. The summed E-state index contributed by atoms with van der Waals surface area (Å²) in [6.45, 7) is 0. The maximum absolute atomic E-state index is 13.6. The third kappa shape index (κ3) is 1.56. The van der Waals surface area contributed by atoms with Crippen molar-refractivity contribution < 1.29 is 14.3 Å². The number of nitrogens with zero attached hydrogens (tertiary/aromatic N) is 1. The molecule has 0 amide bonds. The lowest BCUT2D eigenvalue weighted by molar-refractivity contribution is 0.317. The zero-order valence-electron chi connectivity index (χ0n) is 8.46. The van der Waals surface area contributed by atoms with Crippen LogP contribution in [0.5, 0.6) is 5.75 Å². The summed E-state index contributed by atoms with van der Waals surface area (Å²) >= 11 is 0. The average Bonchev–Trinajstić information content (AvgIpc) is 2.29. The average molecular weight is 209 g/mol. The first-order valence-corrected chi connectivity index (χ1v) is 4.84. The van der Waals surface area contributed by atoms with Gasteiger partial charge in [-0.25, -0.2) is 4.39 Å². The van der Waals surface area contributed by atoms with Crippen molar-refractivity contribution >= 4 is 5.71 Å². The normalized spacial score (nSPS) is 17.6. The Labute approximate surface area is 87.2 Å². The van der Waals surface area contributed by atoms with Crippen LogP contribution >= 0.6 is 0 Å². The van der Waals surface area contributed by atoms with Gasteiger partial charge in [-0.1, -0.05) is 5.16 Å². The summed E-state index contributed by atoms with van der Waals surface area (Å²) in [7, 11) is 1.55. The summed E-state index contributed by atoms with van der Waals surface area (Å²) in [5.41, 5.74) is 1.62. The lowest BCUT2D eigenvalue weighted by Crippen LogP contribution is -2.15. The van der Waals surface area contributed by atoms with Crippen LogP contribution in [-0.4, -0.2) is 18.0 Å². The van der Waals surface area contributed by atoms with Crippen molar-refractivity contribution in [2.24, 2.45) is 5.16 Å². The topological polar surface area (TPSA) is 41.8 Å². The molecule has 15 heavy (non-hydrogen) atoms. The Morgan fingerprint density at radius 3 is 2.87 bits per heavy atom. The number of methoxy groups -OCH3 is 1. The second-order valence-electron chi connectivity index (χ2n) is 3.50. The van der Waals surface area contributed by atoms with Crippen LogP contribution in [0.1, 0.15) is 24.0 Å². The zero-order chi connectivity index (χ0) is 10.8. The minimum absolute atomic E-state index is 0.349. The molecule has 0 heterocycles. The standard InChI is InChI=1S/C11H12FNO2/c1-15-10-6-5-8(12)11-7(10)3-2-4-9(11)13-14/h5-6,14H,2-4H2,1H3/b13-9-. The minimum Gasteiger partial charge on any atom is -0.496 e. The molecule has 1 aliphatic rings. The van der Waals surface area contributed by atoms with Gasteiger partial charge in [-0.15, -0.1) is 0 Å². The Morgan fingerprint density at radius 2 is 2.20 bits per heavy atom. The van der Waals surface area contributed by atoms with Crippen LogP contribution in [0, 0.1) is 5.82 Å². The first kappa shape index (κ1) is 9.96. The van der Waals surface area contributed by atoms with E-state index in [-0.39, 0.29) is 5.82 Å². The van der Waals surface area contributed by atoms with Crippen LogP contribution in [0.15, 0.2) is 17.3 Å². The SMILES string of the molecule is COc1ccc(F)c2c1CCC/C2=N/O. The second-order valence-corrected chi connectivity index (χ2v) is 3.50. The Balaban J connectivity index is 2.64. The van der Waals surface area contributed by atoms with Gasteiger partial charge < -0.3 is 9.94 Å². The summed E-state index contributed by atoms with van der Waals surface area (Å²) in [6, 6.07) is 2.95. The summed E-state index contributed by atoms with van der Waals surface area (Å²) in [4.78, 5) is 0. The highest BCUT2D eigenvalue weighted by Crippen LogP contribution is 2.31. The third-order valence-electron chi connectivity index (χ3n) is 2.69. The maximum atomic E-state index is 13.6. The van der Waals surface area contributed by atoms with Gasteiger partial charge >= 0.3 is 0 Å². The fourth-order valence-corrected chi connectivity index (χ4v) is 2.01. The Morgan fingerprint density at radius 1 is 1.40 bits per heavy atom. The quantitative estimate of drug-likeness (QED) is 0.569. The number of benzene rings is 1. The molecule has 0 atom stereocenters. The van der Waals surface area contributed by atoms with E-state index < -0.39 is 0 Å². The molecule has 1 aliphatic carbocycles. The molecular weight excluding hydrogens is 197 g/mol. The van der Waals surface area contributed by atoms with E-state index in [2.05, 4.69) is 5.16 Å². The van der Waals surface area contributed by atoms with Crippen molar-refractivity contribution in [1.29, 1.82) is 0 Å². The van der Waals surface area contributed by atoms with Crippen molar-refractivity contribution in [3.8, 4) is 5.75 Å². The van der Waals surface area contributed by atoms with Crippen LogP contribution in [0.4, 0.5) is 4.39 Å². The molecule has 4 heteroatoms. The van der Waals surface area contributed by atoms with Gasteiger partial charge in [0.2, 0.25) is 0 Å². The molecule has 0 saturated carbocycles. The largest absolute Gasteiger partial charge is 0.496 e. The molecular formula is C11H12FNO2. The van der Waals surface area contributed by atoms with Gasteiger partial charge in [0.25, 0.3) is 0 Å². The predicted octanol–water partition coefficient (Wildman–Crippen LogP) is 2.35. The zero-order valence-corrected chi connectivity index (χ0v) is 8.46. The van der Waals surface area contributed by atoms with Gasteiger partial charge in [-0.2, -0.15) is 0 Å². The van der Waals surface area contributed by atoms with E-state index in [0.717, 1.165) is 18.4 Å². The Hall–Kier alpha value is -1.58. The fourth-order valence-electron chi connectivity index (χ4n) is 2.01. The molecule has 2 rings (SSSR count). The van der Waals surface area contributed by atoms with Gasteiger partial charge in [0, 0.05) is 11.1 Å². The lowest BCUT2D eigenvalue weighted by atomic mass is 9.89. The first-order chi connectivity index (χ1) is 7.27. The summed E-state index contributed by atoms with van der Waals surface area (Å²) in [5, 5.41) is 12.0. The Bertz CT molecular complexity index is 415.